The minimum atomic E-state index is -0.166. The molecule has 0 N–H and O–H groups in total. The van der Waals surface area contributed by atoms with E-state index in [1.54, 1.807) is 0 Å². The first-order valence-corrected chi connectivity index (χ1v) is 7.40. The molecule has 3 heteroatoms. The van der Waals surface area contributed by atoms with Gasteiger partial charge in [-0.1, -0.05) is 18.6 Å². The van der Waals surface area contributed by atoms with Crippen LogP contribution in [0.25, 0.3) is 0 Å². The second-order valence-electron chi connectivity index (χ2n) is 6.28. The molecule has 108 valence electrons. The normalized spacial score (nSPS) is 36.7. The lowest BCUT2D eigenvalue weighted by Crippen LogP contribution is -2.50. The fourth-order valence-corrected chi connectivity index (χ4v) is 3.56. The van der Waals surface area contributed by atoms with E-state index in [2.05, 4.69) is 19.9 Å². The molecule has 2 aliphatic rings. The molecule has 3 nitrogen and oxygen atoms in total. The molecule has 0 amide bonds. The molecule has 0 aromatic rings. The summed E-state index contributed by atoms with van der Waals surface area (Å²) in [6.45, 7) is 6.40. The maximum Gasteiger partial charge on any atom is 0.311 e. The fraction of sp³-hybridized carbons (Fsp3) is 0.812. The summed E-state index contributed by atoms with van der Waals surface area (Å²) in [6.07, 6.45) is 7.61. The van der Waals surface area contributed by atoms with Crippen LogP contribution in [0.5, 0.6) is 0 Å². The average molecular weight is 266 g/mol. The number of carbonyl (C=O) groups is 1. The summed E-state index contributed by atoms with van der Waals surface area (Å²) in [5.41, 5.74) is 1.37. The van der Waals surface area contributed by atoms with Crippen molar-refractivity contribution >= 4 is 5.97 Å². The molecule has 19 heavy (non-hydrogen) atoms. The summed E-state index contributed by atoms with van der Waals surface area (Å²) in [5, 5.41) is 0. The quantitative estimate of drug-likeness (QED) is 0.567. The Morgan fingerprint density at radius 1 is 1.53 bits per heavy atom. The fourth-order valence-electron chi connectivity index (χ4n) is 3.56. The highest BCUT2D eigenvalue weighted by Crippen LogP contribution is 2.45. The predicted molar refractivity (Wildman–Crippen MR) is 74.8 cm³/mol. The third-order valence-electron chi connectivity index (χ3n) is 4.94. The van der Waals surface area contributed by atoms with Gasteiger partial charge in [0.25, 0.3) is 0 Å². The Labute approximate surface area is 116 Å². The smallest absolute Gasteiger partial charge is 0.311 e. The molecule has 1 aliphatic carbocycles. The Bertz CT molecular complexity index is 374. The Hall–Kier alpha value is -0.830. The van der Waals surface area contributed by atoms with E-state index in [1.165, 1.54) is 12.7 Å². The van der Waals surface area contributed by atoms with Gasteiger partial charge in [0.05, 0.1) is 24.7 Å². The van der Waals surface area contributed by atoms with Crippen LogP contribution in [0.1, 0.15) is 52.9 Å². The molecule has 0 aromatic carbocycles. The highest BCUT2D eigenvalue weighted by atomic mass is 16.5. The van der Waals surface area contributed by atoms with Crippen LogP contribution in [-0.2, 0) is 14.3 Å². The number of methoxy groups -OCH3 is 1. The maximum absolute atomic E-state index is 11.7. The van der Waals surface area contributed by atoms with Gasteiger partial charge in [0.15, 0.2) is 0 Å². The molecule has 1 fully saturated rings. The SMILES string of the molecule is COC(=O)C(C)C1CC[C@@H](C)[C@@]2(CCC=C(C)C2)O1. The minimum Gasteiger partial charge on any atom is -0.469 e. The first-order valence-electron chi connectivity index (χ1n) is 7.40. The van der Waals surface area contributed by atoms with Gasteiger partial charge in [0.2, 0.25) is 0 Å². The van der Waals surface area contributed by atoms with Crippen LogP contribution >= 0.6 is 0 Å². The Kier molecular flexibility index (Phi) is 4.34. The zero-order valence-corrected chi connectivity index (χ0v) is 12.6. The van der Waals surface area contributed by atoms with Gasteiger partial charge >= 0.3 is 5.97 Å². The van der Waals surface area contributed by atoms with Crippen molar-refractivity contribution < 1.29 is 14.3 Å². The third-order valence-corrected chi connectivity index (χ3v) is 4.94. The lowest BCUT2D eigenvalue weighted by atomic mass is 9.71. The monoisotopic (exact) mass is 266 g/mol. The minimum absolute atomic E-state index is 0.00884. The van der Waals surface area contributed by atoms with Crippen molar-refractivity contribution in [2.24, 2.45) is 11.8 Å². The molecule has 0 bridgehead atoms. The first kappa shape index (κ1) is 14.6. The summed E-state index contributed by atoms with van der Waals surface area (Å²) >= 11 is 0. The molecular weight excluding hydrogens is 240 g/mol. The molecule has 2 rings (SSSR count). The van der Waals surface area contributed by atoms with E-state index in [0.29, 0.717) is 5.92 Å². The van der Waals surface area contributed by atoms with Crippen LogP contribution in [0.3, 0.4) is 0 Å². The zero-order valence-electron chi connectivity index (χ0n) is 12.6. The molecule has 2 unspecified atom stereocenters. The van der Waals surface area contributed by atoms with Gasteiger partial charge in [0.1, 0.15) is 0 Å². The number of hydrogen-bond acceptors (Lipinski definition) is 3. The van der Waals surface area contributed by atoms with E-state index < -0.39 is 0 Å². The Balaban J connectivity index is 2.12. The van der Waals surface area contributed by atoms with Gasteiger partial charge in [0, 0.05) is 0 Å². The molecule has 4 atom stereocenters. The number of allylic oxidation sites excluding steroid dienone is 1. The number of rotatable bonds is 2. The van der Waals surface area contributed by atoms with E-state index in [1.807, 2.05) is 6.92 Å². The van der Waals surface area contributed by atoms with E-state index in [0.717, 1.165) is 32.1 Å². The lowest BCUT2D eigenvalue weighted by Gasteiger charge is -2.48. The van der Waals surface area contributed by atoms with E-state index in [-0.39, 0.29) is 23.6 Å². The summed E-state index contributed by atoms with van der Waals surface area (Å²) in [4.78, 5) is 11.7. The van der Waals surface area contributed by atoms with Crippen molar-refractivity contribution in [1.29, 1.82) is 0 Å². The number of ether oxygens (including phenoxy) is 2. The largest absolute Gasteiger partial charge is 0.469 e. The van der Waals surface area contributed by atoms with E-state index in [9.17, 15) is 4.79 Å². The molecule has 1 spiro atoms. The number of carbonyl (C=O) groups excluding carboxylic acids is 1. The van der Waals surface area contributed by atoms with Crippen molar-refractivity contribution in [2.45, 2.75) is 64.6 Å². The van der Waals surface area contributed by atoms with Crippen molar-refractivity contribution in [3.63, 3.8) is 0 Å². The third kappa shape index (κ3) is 2.86. The summed E-state index contributed by atoms with van der Waals surface area (Å²) < 4.78 is 11.3. The van der Waals surface area contributed by atoms with Gasteiger partial charge in [-0.05, 0) is 51.9 Å². The predicted octanol–water partition coefficient (Wildman–Crippen LogP) is 3.48. The maximum atomic E-state index is 11.7. The number of hydrogen-bond donors (Lipinski definition) is 0. The van der Waals surface area contributed by atoms with Gasteiger partial charge in [-0.25, -0.2) is 0 Å². The molecule has 0 radical (unpaired) electrons. The molecule has 1 aliphatic heterocycles. The van der Waals surface area contributed by atoms with Crippen molar-refractivity contribution in [2.75, 3.05) is 7.11 Å². The number of esters is 1. The van der Waals surface area contributed by atoms with E-state index >= 15 is 0 Å². The van der Waals surface area contributed by atoms with Crippen LogP contribution in [0.2, 0.25) is 0 Å². The molecule has 0 saturated carbocycles. The summed E-state index contributed by atoms with van der Waals surface area (Å²) in [7, 11) is 1.45. The van der Waals surface area contributed by atoms with Crippen LogP contribution in [-0.4, -0.2) is 24.8 Å². The van der Waals surface area contributed by atoms with Gasteiger partial charge < -0.3 is 9.47 Å². The van der Waals surface area contributed by atoms with Gasteiger partial charge in [-0.15, -0.1) is 0 Å². The van der Waals surface area contributed by atoms with Crippen LogP contribution in [0.4, 0.5) is 0 Å². The lowest BCUT2D eigenvalue weighted by molar-refractivity contribution is -0.188. The Morgan fingerprint density at radius 3 is 2.89 bits per heavy atom. The van der Waals surface area contributed by atoms with Gasteiger partial charge in [-0.3, -0.25) is 4.79 Å². The zero-order chi connectivity index (χ0) is 14.0. The Morgan fingerprint density at radius 2 is 2.26 bits per heavy atom. The van der Waals surface area contributed by atoms with Crippen LogP contribution < -0.4 is 0 Å². The molecule has 0 aromatic heterocycles. The van der Waals surface area contributed by atoms with Gasteiger partial charge in [-0.2, -0.15) is 0 Å². The highest BCUT2D eigenvalue weighted by molar-refractivity contribution is 5.72. The second kappa shape index (κ2) is 5.66. The summed E-state index contributed by atoms with van der Waals surface area (Å²) in [5.74, 6) is 0.246. The highest BCUT2D eigenvalue weighted by Gasteiger charge is 2.45. The molecule has 1 saturated heterocycles. The summed E-state index contributed by atoms with van der Waals surface area (Å²) in [6, 6.07) is 0. The van der Waals surface area contributed by atoms with Crippen molar-refractivity contribution in [1.82, 2.24) is 0 Å². The first-order chi connectivity index (χ1) is 8.98. The average Bonchev–Trinajstić information content (AvgIpc) is 2.40. The van der Waals surface area contributed by atoms with Crippen molar-refractivity contribution in [3.05, 3.63) is 11.6 Å². The standard InChI is InChI=1S/C16H26O3/c1-11-6-5-9-16(10-11)12(2)7-8-14(19-16)13(3)15(17)18-4/h6,12-14H,5,7-10H2,1-4H3/t12-,13?,14?,16+/m1/s1. The molecule has 1 heterocycles. The molecular formula is C16H26O3. The topological polar surface area (TPSA) is 35.5 Å². The van der Waals surface area contributed by atoms with Crippen molar-refractivity contribution in [3.8, 4) is 0 Å². The van der Waals surface area contributed by atoms with E-state index in [4.69, 9.17) is 9.47 Å². The van der Waals surface area contributed by atoms with Crippen LogP contribution in [0.15, 0.2) is 11.6 Å². The van der Waals surface area contributed by atoms with Crippen LogP contribution in [0, 0.1) is 11.8 Å². The second-order valence-corrected chi connectivity index (χ2v) is 6.28.